The molecular weight excluding hydrogens is 222 g/mol. The van der Waals surface area contributed by atoms with Gasteiger partial charge in [0.25, 0.3) is 0 Å². The van der Waals surface area contributed by atoms with E-state index < -0.39 is 0 Å². The van der Waals surface area contributed by atoms with Crippen molar-refractivity contribution in [1.82, 2.24) is 5.32 Å². The normalized spacial score (nSPS) is 27.6. The second-order valence-electron chi connectivity index (χ2n) is 5.72. The molecule has 2 fully saturated rings. The highest BCUT2D eigenvalue weighted by molar-refractivity contribution is 5.33. The lowest BCUT2D eigenvalue weighted by Crippen LogP contribution is -2.27. The van der Waals surface area contributed by atoms with Crippen LogP contribution in [0.4, 0.5) is 0 Å². The van der Waals surface area contributed by atoms with Gasteiger partial charge in [0.05, 0.1) is 6.10 Å². The number of hydrogen-bond acceptors (Lipinski definition) is 2. The van der Waals surface area contributed by atoms with Gasteiger partial charge in [-0.1, -0.05) is 24.3 Å². The lowest BCUT2D eigenvalue weighted by Gasteiger charge is -2.15. The zero-order valence-corrected chi connectivity index (χ0v) is 11.2. The quantitative estimate of drug-likeness (QED) is 0.860. The van der Waals surface area contributed by atoms with Crippen molar-refractivity contribution in [1.29, 1.82) is 0 Å². The van der Waals surface area contributed by atoms with E-state index in [0.29, 0.717) is 12.1 Å². The lowest BCUT2D eigenvalue weighted by molar-refractivity contribution is 0.107. The zero-order valence-electron chi connectivity index (χ0n) is 11.2. The molecule has 0 heterocycles. The van der Waals surface area contributed by atoms with E-state index in [1.165, 1.54) is 37.7 Å². The zero-order chi connectivity index (χ0) is 12.4. The summed E-state index contributed by atoms with van der Waals surface area (Å²) >= 11 is 0. The Hall–Kier alpha value is -0.860. The van der Waals surface area contributed by atoms with Crippen LogP contribution in [0.2, 0.25) is 0 Å². The minimum Gasteiger partial charge on any atom is -0.381 e. The van der Waals surface area contributed by atoms with Gasteiger partial charge in [0.15, 0.2) is 0 Å². The highest BCUT2D eigenvalue weighted by atomic mass is 16.5. The van der Waals surface area contributed by atoms with Crippen molar-refractivity contribution in [2.24, 2.45) is 0 Å². The Morgan fingerprint density at radius 2 is 2.00 bits per heavy atom. The fraction of sp³-hybridized carbons (Fsp3) is 0.625. The van der Waals surface area contributed by atoms with E-state index in [0.717, 1.165) is 12.5 Å². The van der Waals surface area contributed by atoms with Crippen LogP contribution in [0, 0.1) is 0 Å². The number of nitrogens with one attached hydrogen (secondary N) is 1. The third-order valence-electron chi connectivity index (χ3n) is 4.37. The Morgan fingerprint density at radius 3 is 2.72 bits per heavy atom. The molecule has 1 aromatic rings. The lowest BCUT2D eigenvalue weighted by atomic mass is 10.0. The van der Waals surface area contributed by atoms with Gasteiger partial charge in [0.1, 0.15) is 0 Å². The summed E-state index contributed by atoms with van der Waals surface area (Å²) in [4.78, 5) is 0. The maximum atomic E-state index is 5.43. The first-order valence-corrected chi connectivity index (χ1v) is 7.21. The SMILES string of the molecule is COC1CCC(NCc2ccccc2C2CC2)C1. The molecule has 2 aliphatic carbocycles. The predicted molar refractivity (Wildman–Crippen MR) is 73.7 cm³/mol. The summed E-state index contributed by atoms with van der Waals surface area (Å²) in [6, 6.07) is 9.57. The number of hydrogen-bond donors (Lipinski definition) is 1. The molecule has 3 rings (SSSR count). The maximum Gasteiger partial charge on any atom is 0.0586 e. The Morgan fingerprint density at radius 1 is 1.17 bits per heavy atom. The third kappa shape index (κ3) is 2.76. The van der Waals surface area contributed by atoms with Crippen LogP contribution >= 0.6 is 0 Å². The van der Waals surface area contributed by atoms with Crippen molar-refractivity contribution in [3.63, 3.8) is 0 Å². The summed E-state index contributed by atoms with van der Waals surface area (Å²) in [6.07, 6.45) is 6.87. The molecule has 1 aromatic carbocycles. The Bertz CT molecular complexity index is 400. The van der Waals surface area contributed by atoms with Gasteiger partial charge in [-0.2, -0.15) is 0 Å². The van der Waals surface area contributed by atoms with E-state index in [2.05, 4.69) is 29.6 Å². The van der Waals surface area contributed by atoms with Gasteiger partial charge in [0.2, 0.25) is 0 Å². The van der Waals surface area contributed by atoms with Gasteiger partial charge < -0.3 is 10.1 Å². The molecule has 0 bridgehead atoms. The summed E-state index contributed by atoms with van der Waals surface area (Å²) in [5.74, 6) is 0.846. The van der Waals surface area contributed by atoms with Crippen LogP contribution in [-0.2, 0) is 11.3 Å². The van der Waals surface area contributed by atoms with E-state index >= 15 is 0 Å². The van der Waals surface area contributed by atoms with Crippen molar-refractivity contribution in [2.75, 3.05) is 7.11 Å². The van der Waals surface area contributed by atoms with Crippen molar-refractivity contribution in [3.05, 3.63) is 35.4 Å². The summed E-state index contributed by atoms with van der Waals surface area (Å²) in [7, 11) is 1.83. The minimum atomic E-state index is 0.473. The van der Waals surface area contributed by atoms with E-state index in [9.17, 15) is 0 Å². The second kappa shape index (κ2) is 5.41. The van der Waals surface area contributed by atoms with Crippen LogP contribution in [0.15, 0.2) is 24.3 Å². The summed E-state index contributed by atoms with van der Waals surface area (Å²) in [5.41, 5.74) is 3.08. The summed E-state index contributed by atoms with van der Waals surface area (Å²) < 4.78 is 5.43. The third-order valence-corrected chi connectivity index (χ3v) is 4.37. The van der Waals surface area contributed by atoms with Crippen LogP contribution in [0.5, 0.6) is 0 Å². The van der Waals surface area contributed by atoms with E-state index in [4.69, 9.17) is 4.74 Å². The van der Waals surface area contributed by atoms with E-state index in [-0.39, 0.29) is 0 Å². The Labute approximate surface area is 110 Å². The van der Waals surface area contributed by atoms with Crippen LogP contribution in [0.3, 0.4) is 0 Å². The van der Waals surface area contributed by atoms with Gasteiger partial charge in [-0.3, -0.25) is 0 Å². The smallest absolute Gasteiger partial charge is 0.0586 e. The van der Waals surface area contributed by atoms with Crippen LogP contribution in [-0.4, -0.2) is 19.3 Å². The number of ether oxygens (including phenoxy) is 1. The molecule has 2 heteroatoms. The minimum absolute atomic E-state index is 0.473. The molecule has 2 nitrogen and oxygen atoms in total. The summed E-state index contributed by atoms with van der Waals surface area (Å²) in [6.45, 7) is 1.02. The highest BCUT2D eigenvalue weighted by Gasteiger charge is 2.27. The van der Waals surface area contributed by atoms with Gasteiger partial charge >= 0.3 is 0 Å². The van der Waals surface area contributed by atoms with Gasteiger partial charge in [0, 0.05) is 19.7 Å². The molecule has 2 aliphatic rings. The Kier molecular flexibility index (Phi) is 3.67. The standard InChI is InChI=1S/C16H23NO/c1-18-15-9-8-14(10-15)17-11-13-4-2-3-5-16(13)12-6-7-12/h2-5,12,14-15,17H,6-11H2,1H3. The average Bonchev–Trinajstić information content (AvgIpc) is 3.16. The van der Waals surface area contributed by atoms with Crippen LogP contribution in [0.1, 0.15) is 49.1 Å². The average molecular weight is 245 g/mol. The van der Waals surface area contributed by atoms with Crippen LogP contribution < -0.4 is 5.32 Å². The van der Waals surface area contributed by atoms with Crippen molar-refractivity contribution >= 4 is 0 Å². The first-order valence-electron chi connectivity index (χ1n) is 7.21. The molecule has 2 saturated carbocycles. The molecule has 0 aromatic heterocycles. The number of methoxy groups -OCH3 is 1. The van der Waals surface area contributed by atoms with Crippen molar-refractivity contribution in [3.8, 4) is 0 Å². The largest absolute Gasteiger partial charge is 0.381 e. The van der Waals surface area contributed by atoms with Gasteiger partial charge in [-0.15, -0.1) is 0 Å². The number of benzene rings is 1. The second-order valence-corrected chi connectivity index (χ2v) is 5.72. The van der Waals surface area contributed by atoms with Crippen molar-refractivity contribution in [2.45, 2.75) is 56.7 Å². The summed E-state index contributed by atoms with van der Waals surface area (Å²) in [5, 5.41) is 3.71. The molecule has 98 valence electrons. The van der Waals surface area contributed by atoms with Crippen LogP contribution in [0.25, 0.3) is 0 Å². The molecule has 0 amide bonds. The Balaban J connectivity index is 1.57. The van der Waals surface area contributed by atoms with E-state index in [1.807, 2.05) is 7.11 Å². The predicted octanol–water partition coefficient (Wildman–Crippen LogP) is 3.22. The molecule has 2 atom stereocenters. The molecule has 0 spiro atoms. The van der Waals surface area contributed by atoms with Gasteiger partial charge in [-0.05, 0) is 49.1 Å². The molecule has 0 radical (unpaired) electrons. The first-order chi connectivity index (χ1) is 8.86. The highest BCUT2D eigenvalue weighted by Crippen LogP contribution is 2.41. The fourth-order valence-electron chi connectivity index (χ4n) is 3.08. The molecule has 18 heavy (non-hydrogen) atoms. The topological polar surface area (TPSA) is 21.3 Å². The molecule has 0 aliphatic heterocycles. The molecule has 0 saturated heterocycles. The van der Waals surface area contributed by atoms with Gasteiger partial charge in [-0.25, -0.2) is 0 Å². The first kappa shape index (κ1) is 12.2. The molecule has 1 N–H and O–H groups in total. The van der Waals surface area contributed by atoms with E-state index in [1.54, 1.807) is 5.56 Å². The maximum absolute atomic E-state index is 5.43. The fourth-order valence-corrected chi connectivity index (χ4v) is 3.08. The number of rotatable bonds is 5. The molecule has 2 unspecified atom stereocenters. The monoisotopic (exact) mass is 245 g/mol. The van der Waals surface area contributed by atoms with Crippen molar-refractivity contribution < 1.29 is 4.74 Å². The molecular formula is C16H23NO.